The van der Waals surface area contributed by atoms with E-state index in [4.69, 9.17) is 0 Å². The van der Waals surface area contributed by atoms with Gasteiger partial charge in [0.15, 0.2) is 5.82 Å². The second-order valence-corrected chi connectivity index (χ2v) is 5.35. The van der Waals surface area contributed by atoms with Crippen molar-refractivity contribution >= 4 is 17.2 Å². The van der Waals surface area contributed by atoms with Gasteiger partial charge >= 0.3 is 0 Å². The van der Waals surface area contributed by atoms with Gasteiger partial charge < -0.3 is 0 Å². The number of aryl methyl sites for hydroxylation is 4. The van der Waals surface area contributed by atoms with E-state index in [1.54, 1.807) is 0 Å². The third-order valence-corrected chi connectivity index (χ3v) is 3.67. The van der Waals surface area contributed by atoms with Crippen molar-refractivity contribution in [1.82, 2.24) is 9.38 Å². The smallest absolute Gasteiger partial charge is 0.182 e. The van der Waals surface area contributed by atoms with E-state index in [0.717, 1.165) is 39.5 Å². The van der Waals surface area contributed by atoms with Crippen molar-refractivity contribution in [2.24, 2.45) is 10.2 Å². The highest BCUT2D eigenvalue weighted by Gasteiger charge is 2.09. The average molecular weight is 278 g/mol. The zero-order chi connectivity index (χ0) is 15.0. The van der Waals surface area contributed by atoms with Crippen molar-refractivity contribution in [3.05, 3.63) is 58.9 Å². The summed E-state index contributed by atoms with van der Waals surface area (Å²) in [7, 11) is 0. The Hall–Kier alpha value is -2.49. The van der Waals surface area contributed by atoms with Gasteiger partial charge in [0.25, 0.3) is 0 Å². The molecule has 0 aliphatic rings. The number of rotatable bonds is 2. The number of pyridine rings is 1. The summed E-state index contributed by atoms with van der Waals surface area (Å²) in [5, 5.41) is 8.90. The van der Waals surface area contributed by atoms with Crippen LogP contribution in [-0.2, 0) is 0 Å². The first-order valence-corrected chi connectivity index (χ1v) is 7.00. The molecule has 0 unspecified atom stereocenters. The Balaban J connectivity index is 2.12. The van der Waals surface area contributed by atoms with Crippen LogP contribution in [-0.4, -0.2) is 9.38 Å². The first-order valence-electron chi connectivity index (χ1n) is 7.00. The van der Waals surface area contributed by atoms with Gasteiger partial charge in [-0.15, -0.1) is 10.2 Å². The van der Waals surface area contributed by atoms with Crippen LogP contribution >= 0.6 is 0 Å². The van der Waals surface area contributed by atoms with Gasteiger partial charge in [0.05, 0.1) is 11.4 Å². The SMILES string of the molecule is Cc1cccc(C)c1N=Nc1c(C)nc2c(C)cccn12. The van der Waals surface area contributed by atoms with Gasteiger partial charge in [-0.3, -0.25) is 4.40 Å². The van der Waals surface area contributed by atoms with Gasteiger partial charge in [-0.2, -0.15) is 0 Å². The maximum absolute atomic E-state index is 4.58. The van der Waals surface area contributed by atoms with Crippen molar-refractivity contribution in [1.29, 1.82) is 0 Å². The van der Waals surface area contributed by atoms with Gasteiger partial charge in [-0.05, 0) is 50.5 Å². The second kappa shape index (κ2) is 5.13. The molecule has 4 nitrogen and oxygen atoms in total. The Labute approximate surface area is 124 Å². The van der Waals surface area contributed by atoms with E-state index < -0.39 is 0 Å². The largest absolute Gasteiger partial charge is 0.283 e. The molecule has 0 amide bonds. The number of hydrogen-bond donors (Lipinski definition) is 0. The van der Waals surface area contributed by atoms with Crippen LogP contribution in [0.15, 0.2) is 46.8 Å². The molecule has 0 N–H and O–H groups in total. The minimum Gasteiger partial charge on any atom is -0.283 e. The number of nitrogens with zero attached hydrogens (tertiary/aromatic N) is 4. The molecule has 0 bridgehead atoms. The summed E-state index contributed by atoms with van der Waals surface area (Å²) < 4.78 is 1.99. The summed E-state index contributed by atoms with van der Waals surface area (Å²) in [6, 6.07) is 10.2. The fourth-order valence-electron chi connectivity index (χ4n) is 2.49. The Bertz CT molecular complexity index is 823. The lowest BCUT2D eigenvalue weighted by Gasteiger charge is -2.02. The molecule has 0 aliphatic carbocycles. The highest BCUT2D eigenvalue weighted by atomic mass is 15.2. The van der Waals surface area contributed by atoms with Crippen LogP contribution in [0.3, 0.4) is 0 Å². The molecular formula is C17H18N4. The number of benzene rings is 1. The molecule has 0 spiro atoms. The van der Waals surface area contributed by atoms with Crippen LogP contribution in [0.25, 0.3) is 5.65 Å². The number of imidazole rings is 1. The third kappa shape index (κ3) is 2.33. The van der Waals surface area contributed by atoms with Crippen LogP contribution in [0.1, 0.15) is 22.4 Å². The summed E-state index contributed by atoms with van der Waals surface area (Å²) in [6.07, 6.45) is 1.97. The van der Waals surface area contributed by atoms with Gasteiger partial charge in [-0.25, -0.2) is 4.98 Å². The molecule has 106 valence electrons. The molecule has 0 fully saturated rings. The first kappa shape index (κ1) is 13.5. The van der Waals surface area contributed by atoms with Crippen molar-refractivity contribution in [2.45, 2.75) is 27.7 Å². The normalized spacial score (nSPS) is 11.6. The fraction of sp³-hybridized carbons (Fsp3) is 0.235. The van der Waals surface area contributed by atoms with E-state index in [2.05, 4.69) is 15.2 Å². The summed E-state index contributed by atoms with van der Waals surface area (Å²) in [6.45, 7) is 8.11. The molecule has 4 heteroatoms. The highest BCUT2D eigenvalue weighted by Crippen LogP contribution is 2.28. The maximum atomic E-state index is 4.58. The van der Waals surface area contributed by atoms with Crippen molar-refractivity contribution < 1.29 is 0 Å². The summed E-state index contributed by atoms with van der Waals surface area (Å²) in [5.74, 6) is 0.788. The molecule has 3 aromatic rings. The summed E-state index contributed by atoms with van der Waals surface area (Å²) in [4.78, 5) is 4.58. The fourth-order valence-corrected chi connectivity index (χ4v) is 2.49. The minimum absolute atomic E-state index is 0.788. The Morgan fingerprint density at radius 1 is 0.857 bits per heavy atom. The maximum Gasteiger partial charge on any atom is 0.182 e. The Morgan fingerprint density at radius 3 is 2.24 bits per heavy atom. The van der Waals surface area contributed by atoms with Crippen LogP contribution in [0.5, 0.6) is 0 Å². The lowest BCUT2D eigenvalue weighted by Crippen LogP contribution is -1.85. The quantitative estimate of drug-likeness (QED) is 0.609. The predicted molar refractivity (Wildman–Crippen MR) is 84.8 cm³/mol. The molecular weight excluding hydrogens is 260 g/mol. The van der Waals surface area contributed by atoms with Gasteiger partial charge in [-0.1, -0.05) is 24.3 Å². The summed E-state index contributed by atoms with van der Waals surface area (Å²) in [5.41, 5.74) is 6.14. The molecule has 0 saturated heterocycles. The predicted octanol–water partition coefficient (Wildman–Crippen LogP) is 4.98. The van der Waals surface area contributed by atoms with Crippen LogP contribution in [0, 0.1) is 27.7 Å². The van der Waals surface area contributed by atoms with Crippen LogP contribution in [0.4, 0.5) is 11.5 Å². The van der Waals surface area contributed by atoms with Crippen molar-refractivity contribution in [3.8, 4) is 0 Å². The van der Waals surface area contributed by atoms with Gasteiger partial charge in [0.1, 0.15) is 5.65 Å². The molecule has 3 rings (SSSR count). The van der Waals surface area contributed by atoms with Crippen LogP contribution in [0.2, 0.25) is 0 Å². The lowest BCUT2D eigenvalue weighted by molar-refractivity contribution is 1.08. The van der Waals surface area contributed by atoms with E-state index in [1.807, 2.05) is 68.6 Å². The molecule has 21 heavy (non-hydrogen) atoms. The summed E-state index contributed by atoms with van der Waals surface area (Å²) >= 11 is 0. The molecule has 2 aromatic heterocycles. The number of hydrogen-bond acceptors (Lipinski definition) is 3. The molecule has 0 atom stereocenters. The van der Waals surface area contributed by atoms with Crippen molar-refractivity contribution in [2.75, 3.05) is 0 Å². The molecule has 0 saturated carbocycles. The molecule has 1 aromatic carbocycles. The van der Waals surface area contributed by atoms with Crippen LogP contribution < -0.4 is 0 Å². The monoisotopic (exact) mass is 278 g/mol. The zero-order valence-corrected chi connectivity index (χ0v) is 12.8. The van der Waals surface area contributed by atoms with E-state index in [-0.39, 0.29) is 0 Å². The third-order valence-electron chi connectivity index (χ3n) is 3.67. The Morgan fingerprint density at radius 2 is 1.52 bits per heavy atom. The lowest BCUT2D eigenvalue weighted by atomic mass is 10.1. The highest BCUT2D eigenvalue weighted by molar-refractivity contribution is 5.57. The molecule has 0 radical (unpaired) electrons. The molecule has 0 aliphatic heterocycles. The van der Waals surface area contributed by atoms with Gasteiger partial charge in [0, 0.05) is 6.20 Å². The molecule has 2 heterocycles. The van der Waals surface area contributed by atoms with Gasteiger partial charge in [0.2, 0.25) is 0 Å². The second-order valence-electron chi connectivity index (χ2n) is 5.35. The van der Waals surface area contributed by atoms with E-state index >= 15 is 0 Å². The standard InChI is InChI=1S/C17H18N4/c1-11-7-5-8-12(2)15(11)19-20-17-14(4)18-16-13(3)9-6-10-21(16)17/h5-10H,1-4H3. The topological polar surface area (TPSA) is 42.0 Å². The average Bonchev–Trinajstić information content (AvgIpc) is 2.76. The van der Waals surface area contributed by atoms with E-state index in [1.165, 1.54) is 0 Å². The van der Waals surface area contributed by atoms with Crippen molar-refractivity contribution in [3.63, 3.8) is 0 Å². The van der Waals surface area contributed by atoms with E-state index in [9.17, 15) is 0 Å². The van der Waals surface area contributed by atoms with E-state index in [0.29, 0.717) is 0 Å². The first-order chi connectivity index (χ1) is 10.1. The zero-order valence-electron chi connectivity index (χ0n) is 12.8. The Kier molecular flexibility index (Phi) is 3.29. The minimum atomic E-state index is 0.788. The number of azo groups is 1. The number of aromatic nitrogens is 2. The number of fused-ring (bicyclic) bond motifs is 1.